The maximum atomic E-state index is 12.0. The van der Waals surface area contributed by atoms with Gasteiger partial charge in [-0.1, -0.05) is 6.07 Å². The molecule has 1 amide bonds. The number of para-hydroxylation sites is 1. The summed E-state index contributed by atoms with van der Waals surface area (Å²) in [5.41, 5.74) is 1.45. The average Bonchev–Trinajstić information content (AvgIpc) is 2.63. The predicted octanol–water partition coefficient (Wildman–Crippen LogP) is -0.574. The molecule has 0 spiro atoms. The van der Waals surface area contributed by atoms with E-state index in [0.717, 1.165) is 0 Å². The fourth-order valence-corrected chi connectivity index (χ4v) is 1.99. The molecular weight excluding hydrogens is 344 g/mol. The zero-order valence-electron chi connectivity index (χ0n) is 14.3. The Morgan fingerprint density at radius 2 is 2.08 bits per heavy atom. The average molecular weight is 362 g/mol. The van der Waals surface area contributed by atoms with Gasteiger partial charge in [0.15, 0.2) is 11.5 Å². The Balaban J connectivity index is 2.03. The first-order valence-electron chi connectivity index (χ1n) is 7.45. The third-order valence-corrected chi connectivity index (χ3v) is 3.27. The van der Waals surface area contributed by atoms with Gasteiger partial charge in [0.25, 0.3) is 11.5 Å². The van der Waals surface area contributed by atoms with E-state index in [2.05, 4.69) is 26.0 Å². The smallest absolute Gasteiger partial charge is 0.342 e. The van der Waals surface area contributed by atoms with Gasteiger partial charge < -0.3 is 14.8 Å². The highest BCUT2D eigenvalue weighted by molar-refractivity contribution is 5.88. The van der Waals surface area contributed by atoms with Crippen LogP contribution in [0.2, 0.25) is 0 Å². The third-order valence-electron chi connectivity index (χ3n) is 3.27. The first-order chi connectivity index (χ1) is 12.5. The van der Waals surface area contributed by atoms with Crippen LogP contribution in [0.5, 0.6) is 11.5 Å². The Labute approximate surface area is 147 Å². The molecule has 0 aliphatic carbocycles. The molecule has 1 heterocycles. The van der Waals surface area contributed by atoms with Gasteiger partial charge in [0, 0.05) is 5.56 Å². The maximum absolute atomic E-state index is 12.0. The van der Waals surface area contributed by atoms with Crippen molar-refractivity contribution >= 4 is 17.9 Å². The fraction of sp³-hybridized carbons (Fsp3) is 0.267. The van der Waals surface area contributed by atoms with Crippen molar-refractivity contribution in [2.75, 3.05) is 19.5 Å². The number of amides is 1. The first-order valence-corrected chi connectivity index (χ1v) is 7.45. The molecule has 0 unspecified atom stereocenters. The second-order valence-electron chi connectivity index (χ2n) is 5.04. The molecule has 0 aliphatic rings. The number of carbonyl (C=O) groups is 1. The minimum absolute atomic E-state index is 0.189. The molecule has 1 atom stereocenters. The summed E-state index contributed by atoms with van der Waals surface area (Å²) in [6, 6.07) is 4.39. The highest BCUT2D eigenvalue weighted by Gasteiger charge is 2.15. The molecule has 2 rings (SSSR count). The molecule has 138 valence electrons. The van der Waals surface area contributed by atoms with Crippen molar-refractivity contribution in [3.63, 3.8) is 0 Å². The van der Waals surface area contributed by atoms with E-state index in [4.69, 9.17) is 9.47 Å². The highest BCUT2D eigenvalue weighted by Crippen LogP contribution is 2.29. The number of benzene rings is 1. The quantitative estimate of drug-likeness (QED) is 0.380. The van der Waals surface area contributed by atoms with Gasteiger partial charge in [0.2, 0.25) is 5.82 Å². The maximum Gasteiger partial charge on any atom is 0.342 e. The number of rotatable bonds is 7. The number of methoxy groups -OCH3 is 2. The number of H-pyrrole nitrogens is 2. The lowest BCUT2D eigenvalue weighted by Crippen LogP contribution is -2.38. The molecule has 2 aromatic rings. The zero-order valence-corrected chi connectivity index (χ0v) is 14.3. The van der Waals surface area contributed by atoms with Gasteiger partial charge >= 0.3 is 5.69 Å². The van der Waals surface area contributed by atoms with E-state index < -0.39 is 23.2 Å². The van der Waals surface area contributed by atoms with Crippen LogP contribution in [0.15, 0.2) is 32.9 Å². The number of hydrazone groups is 1. The third kappa shape index (κ3) is 4.47. The van der Waals surface area contributed by atoms with Crippen LogP contribution >= 0.6 is 0 Å². The van der Waals surface area contributed by atoms with Crippen LogP contribution in [0.4, 0.5) is 5.82 Å². The number of nitrogens with one attached hydrogen (secondary N) is 4. The molecule has 4 N–H and O–H groups in total. The van der Waals surface area contributed by atoms with Crippen LogP contribution < -0.4 is 31.5 Å². The van der Waals surface area contributed by atoms with E-state index >= 15 is 0 Å². The summed E-state index contributed by atoms with van der Waals surface area (Å²) < 4.78 is 10.4. The number of nitrogens with zero attached hydrogens (tertiary/aromatic N) is 2. The molecule has 11 heteroatoms. The topological polar surface area (TPSA) is 151 Å². The Bertz CT molecular complexity index is 919. The van der Waals surface area contributed by atoms with E-state index in [-0.39, 0.29) is 5.82 Å². The van der Waals surface area contributed by atoms with Crippen LogP contribution in [0.1, 0.15) is 12.5 Å². The molecule has 1 aromatic carbocycles. The van der Waals surface area contributed by atoms with Crippen molar-refractivity contribution in [3.05, 3.63) is 44.6 Å². The monoisotopic (exact) mass is 362 g/mol. The number of hydrogen-bond acceptors (Lipinski definition) is 8. The van der Waals surface area contributed by atoms with E-state index in [1.54, 1.807) is 18.2 Å². The fourth-order valence-electron chi connectivity index (χ4n) is 1.99. The van der Waals surface area contributed by atoms with Crippen LogP contribution in [0, 0.1) is 0 Å². The van der Waals surface area contributed by atoms with Crippen molar-refractivity contribution in [2.45, 2.75) is 13.0 Å². The van der Waals surface area contributed by atoms with E-state index in [1.807, 2.05) is 4.98 Å². The molecule has 0 radical (unpaired) electrons. The Hall–Kier alpha value is -3.63. The number of carbonyl (C=O) groups excluding carboxylic acids is 1. The highest BCUT2D eigenvalue weighted by atomic mass is 16.5. The normalized spacial score (nSPS) is 11.8. The Kier molecular flexibility index (Phi) is 6.09. The first kappa shape index (κ1) is 18.7. The number of ether oxygens (including phenoxy) is 2. The lowest BCUT2D eigenvalue weighted by Gasteiger charge is -2.11. The van der Waals surface area contributed by atoms with Gasteiger partial charge in [-0.2, -0.15) is 5.10 Å². The largest absolute Gasteiger partial charge is 0.493 e. The summed E-state index contributed by atoms with van der Waals surface area (Å²) in [6.45, 7) is 1.50. The predicted molar refractivity (Wildman–Crippen MR) is 93.8 cm³/mol. The summed E-state index contributed by atoms with van der Waals surface area (Å²) in [7, 11) is 3.01. The van der Waals surface area contributed by atoms with Crippen LogP contribution in [0.25, 0.3) is 0 Å². The van der Waals surface area contributed by atoms with Crippen molar-refractivity contribution in [1.29, 1.82) is 0 Å². The molecule has 0 fully saturated rings. The van der Waals surface area contributed by atoms with Gasteiger partial charge in [0.05, 0.1) is 20.4 Å². The second kappa shape index (κ2) is 8.46. The minimum atomic E-state index is -0.834. The van der Waals surface area contributed by atoms with Crippen LogP contribution in [-0.2, 0) is 4.79 Å². The summed E-state index contributed by atoms with van der Waals surface area (Å²) in [4.78, 5) is 36.5. The van der Waals surface area contributed by atoms with Gasteiger partial charge in [-0.3, -0.25) is 14.6 Å². The zero-order chi connectivity index (χ0) is 19.1. The lowest BCUT2D eigenvalue weighted by atomic mass is 10.2. The van der Waals surface area contributed by atoms with Crippen molar-refractivity contribution < 1.29 is 14.3 Å². The molecule has 0 aliphatic heterocycles. The number of aromatic amines is 2. The molecule has 0 saturated heterocycles. The van der Waals surface area contributed by atoms with E-state index in [9.17, 15) is 14.4 Å². The van der Waals surface area contributed by atoms with E-state index in [0.29, 0.717) is 17.1 Å². The Morgan fingerprint density at radius 3 is 2.73 bits per heavy atom. The molecule has 1 aromatic heterocycles. The Morgan fingerprint density at radius 1 is 1.31 bits per heavy atom. The van der Waals surface area contributed by atoms with Crippen molar-refractivity contribution in [2.24, 2.45) is 5.10 Å². The van der Waals surface area contributed by atoms with Crippen LogP contribution in [0.3, 0.4) is 0 Å². The van der Waals surface area contributed by atoms with Gasteiger partial charge in [-0.05, 0) is 19.1 Å². The summed E-state index contributed by atoms with van der Waals surface area (Å²) >= 11 is 0. The molecule has 0 saturated carbocycles. The van der Waals surface area contributed by atoms with Gasteiger partial charge in [-0.15, -0.1) is 5.10 Å². The number of hydrogen-bond donors (Lipinski definition) is 4. The minimum Gasteiger partial charge on any atom is -0.493 e. The molecule has 0 bridgehead atoms. The molecule has 26 heavy (non-hydrogen) atoms. The summed E-state index contributed by atoms with van der Waals surface area (Å²) in [5, 5.41) is 12.0. The molecule has 11 nitrogen and oxygen atoms in total. The summed E-state index contributed by atoms with van der Waals surface area (Å²) in [6.07, 6.45) is 1.40. The molecular formula is C15H18N6O5. The van der Waals surface area contributed by atoms with Crippen LogP contribution in [-0.4, -0.2) is 47.6 Å². The number of aromatic nitrogens is 3. The van der Waals surface area contributed by atoms with Crippen molar-refractivity contribution in [3.8, 4) is 11.5 Å². The van der Waals surface area contributed by atoms with E-state index in [1.165, 1.54) is 27.4 Å². The SMILES string of the molecule is COc1cccc(/C=N\NC(=O)[C@@H](C)Nc2n[nH]c(=O)[nH]c2=O)c1OC. The number of anilines is 1. The van der Waals surface area contributed by atoms with Gasteiger partial charge in [0.1, 0.15) is 6.04 Å². The summed E-state index contributed by atoms with van der Waals surface area (Å²) in [5.74, 6) is 0.297. The lowest BCUT2D eigenvalue weighted by molar-refractivity contribution is -0.121. The second-order valence-corrected chi connectivity index (χ2v) is 5.04. The standard InChI is InChI=1S/C15H18N6O5/c1-8(17-12-14(23)18-15(24)21-19-12)13(22)20-16-7-9-5-4-6-10(25-2)11(9)26-3/h4-8H,1-3H3,(H,17,19)(H,20,22)(H2,18,21,23,24)/b16-7-/t8-/m1/s1. The van der Waals surface area contributed by atoms with Gasteiger partial charge in [-0.25, -0.2) is 15.3 Å². The van der Waals surface area contributed by atoms with Crippen molar-refractivity contribution in [1.82, 2.24) is 20.6 Å².